The largest absolute Gasteiger partial charge is 0.461 e. The molecule has 8 heteroatoms. The van der Waals surface area contributed by atoms with Gasteiger partial charge in [0.05, 0.1) is 13.2 Å². The Hall–Kier alpha value is -2.12. The molecule has 128 valence electrons. The average Bonchev–Trinajstić information content (AvgIpc) is 2.47. The summed E-state index contributed by atoms with van der Waals surface area (Å²) in [6.45, 7) is 3.39. The van der Waals surface area contributed by atoms with Crippen molar-refractivity contribution in [1.29, 1.82) is 0 Å². The van der Waals surface area contributed by atoms with Gasteiger partial charge in [-0.1, -0.05) is 5.56 Å². The van der Waals surface area contributed by atoms with Crippen molar-refractivity contribution in [3.05, 3.63) is 34.9 Å². The van der Waals surface area contributed by atoms with Crippen molar-refractivity contribution in [3.8, 4) is 0 Å². The summed E-state index contributed by atoms with van der Waals surface area (Å²) >= 11 is 0. The SMILES string of the molecule is CCOC(=O)C(F)(F)c1cc(C)cc(C(F)(F)C(=O)OCC)c1. The van der Waals surface area contributed by atoms with Crippen LogP contribution in [-0.4, -0.2) is 25.2 Å². The lowest BCUT2D eigenvalue weighted by Crippen LogP contribution is -2.31. The molecule has 1 rings (SSSR count). The van der Waals surface area contributed by atoms with Crippen molar-refractivity contribution in [2.45, 2.75) is 32.6 Å². The number of ether oxygens (including phenoxy) is 2. The predicted molar refractivity (Wildman–Crippen MR) is 72.2 cm³/mol. The summed E-state index contributed by atoms with van der Waals surface area (Å²) in [5, 5.41) is 0. The van der Waals surface area contributed by atoms with Crippen LogP contribution >= 0.6 is 0 Å². The zero-order valence-electron chi connectivity index (χ0n) is 12.8. The molecular formula is C15H16F4O4. The van der Waals surface area contributed by atoms with Crippen molar-refractivity contribution in [2.24, 2.45) is 0 Å². The zero-order chi connectivity index (χ0) is 17.8. The van der Waals surface area contributed by atoms with Crippen molar-refractivity contribution in [1.82, 2.24) is 0 Å². The molecule has 0 spiro atoms. The highest BCUT2D eigenvalue weighted by molar-refractivity contribution is 5.81. The Morgan fingerprint density at radius 3 is 1.52 bits per heavy atom. The summed E-state index contributed by atoms with van der Waals surface area (Å²) in [6.07, 6.45) is 0. The molecule has 0 aliphatic rings. The van der Waals surface area contributed by atoms with Gasteiger partial charge in [0.2, 0.25) is 0 Å². The smallest absolute Gasteiger partial charge is 0.381 e. The molecule has 0 N–H and O–H groups in total. The van der Waals surface area contributed by atoms with Gasteiger partial charge in [-0.2, -0.15) is 17.6 Å². The van der Waals surface area contributed by atoms with Gasteiger partial charge in [-0.15, -0.1) is 0 Å². The normalized spacial score (nSPS) is 12.0. The highest BCUT2D eigenvalue weighted by Crippen LogP contribution is 2.36. The first-order chi connectivity index (χ1) is 10.6. The summed E-state index contributed by atoms with van der Waals surface area (Å²) in [7, 11) is 0. The number of alkyl halides is 4. The molecule has 0 saturated heterocycles. The number of carbonyl (C=O) groups is 2. The van der Waals surface area contributed by atoms with E-state index in [-0.39, 0.29) is 18.8 Å². The minimum absolute atomic E-state index is 0.0328. The molecule has 0 bridgehead atoms. The summed E-state index contributed by atoms with van der Waals surface area (Å²) in [6, 6.07) is 2.16. The number of aryl methyl sites for hydroxylation is 1. The van der Waals surface area contributed by atoms with Gasteiger partial charge in [0.25, 0.3) is 0 Å². The van der Waals surface area contributed by atoms with Crippen LogP contribution < -0.4 is 0 Å². The average molecular weight is 336 g/mol. The van der Waals surface area contributed by atoms with Crippen molar-refractivity contribution in [2.75, 3.05) is 13.2 Å². The number of hydrogen-bond donors (Lipinski definition) is 0. The molecule has 0 unspecified atom stereocenters. The van der Waals surface area contributed by atoms with Crippen LogP contribution in [0.15, 0.2) is 18.2 Å². The third-order valence-electron chi connectivity index (χ3n) is 2.87. The van der Waals surface area contributed by atoms with Crippen molar-refractivity contribution >= 4 is 11.9 Å². The Morgan fingerprint density at radius 2 is 1.22 bits per heavy atom. The van der Waals surface area contributed by atoms with Gasteiger partial charge in [0.15, 0.2) is 0 Å². The van der Waals surface area contributed by atoms with E-state index in [0.29, 0.717) is 6.07 Å². The quantitative estimate of drug-likeness (QED) is 0.591. The van der Waals surface area contributed by atoms with Gasteiger partial charge in [-0.25, -0.2) is 9.59 Å². The van der Waals surface area contributed by atoms with Crippen LogP contribution in [0.5, 0.6) is 0 Å². The first kappa shape index (κ1) is 18.9. The molecule has 23 heavy (non-hydrogen) atoms. The number of carbonyl (C=O) groups excluding carboxylic acids is 2. The topological polar surface area (TPSA) is 52.6 Å². The molecule has 0 aliphatic carbocycles. The molecule has 1 aromatic rings. The summed E-state index contributed by atoms with van der Waals surface area (Å²) < 4.78 is 64.5. The maximum absolute atomic E-state index is 14.0. The van der Waals surface area contributed by atoms with Crippen molar-refractivity contribution < 1.29 is 36.6 Å². The van der Waals surface area contributed by atoms with Crippen LogP contribution in [0.2, 0.25) is 0 Å². The first-order valence-electron chi connectivity index (χ1n) is 6.80. The fraction of sp³-hybridized carbons (Fsp3) is 0.467. The van der Waals surface area contributed by atoms with Gasteiger partial charge >= 0.3 is 23.8 Å². The van der Waals surface area contributed by atoms with Crippen molar-refractivity contribution in [3.63, 3.8) is 0 Å². The van der Waals surface area contributed by atoms with E-state index in [9.17, 15) is 27.2 Å². The molecule has 0 saturated carbocycles. The lowest BCUT2D eigenvalue weighted by atomic mass is 9.98. The Bertz CT molecular complexity index is 551. The molecule has 0 aromatic heterocycles. The van der Waals surface area contributed by atoms with Crippen LogP contribution in [0.25, 0.3) is 0 Å². The molecule has 0 heterocycles. The van der Waals surface area contributed by atoms with Crippen LogP contribution in [0.4, 0.5) is 17.6 Å². The monoisotopic (exact) mass is 336 g/mol. The number of benzene rings is 1. The lowest BCUT2D eigenvalue weighted by Gasteiger charge is -2.20. The second-order valence-corrected chi connectivity index (χ2v) is 4.68. The predicted octanol–water partition coefficient (Wildman–Crippen LogP) is 3.30. The molecule has 0 atom stereocenters. The van der Waals surface area contributed by atoms with Crippen LogP contribution in [0.3, 0.4) is 0 Å². The van der Waals surface area contributed by atoms with E-state index in [1.54, 1.807) is 0 Å². The third kappa shape index (κ3) is 4.00. The van der Waals surface area contributed by atoms with Gasteiger partial charge < -0.3 is 9.47 Å². The molecular weight excluding hydrogens is 320 g/mol. The third-order valence-corrected chi connectivity index (χ3v) is 2.87. The molecule has 0 fully saturated rings. The van der Waals surface area contributed by atoms with E-state index in [4.69, 9.17) is 0 Å². The summed E-state index contributed by atoms with van der Waals surface area (Å²) in [5.74, 6) is -11.9. The maximum atomic E-state index is 14.0. The highest BCUT2D eigenvalue weighted by Gasteiger charge is 2.47. The van der Waals surface area contributed by atoms with Crippen LogP contribution in [-0.2, 0) is 30.9 Å². The number of hydrogen-bond acceptors (Lipinski definition) is 4. The second kappa shape index (κ2) is 6.97. The fourth-order valence-corrected chi connectivity index (χ4v) is 1.82. The first-order valence-corrected chi connectivity index (χ1v) is 6.80. The van der Waals surface area contributed by atoms with E-state index in [0.717, 1.165) is 12.1 Å². The zero-order valence-corrected chi connectivity index (χ0v) is 12.8. The summed E-state index contributed by atoms with van der Waals surface area (Å²) in [4.78, 5) is 22.6. The van der Waals surface area contributed by atoms with E-state index < -0.39 is 34.9 Å². The Morgan fingerprint density at radius 1 is 0.870 bits per heavy atom. The van der Waals surface area contributed by atoms with Gasteiger partial charge in [-0.05, 0) is 39.0 Å². The Balaban J connectivity index is 3.33. The molecule has 0 aliphatic heterocycles. The summed E-state index contributed by atoms with van der Waals surface area (Å²) in [5.41, 5.74) is -1.92. The van der Waals surface area contributed by atoms with Gasteiger partial charge in [0, 0.05) is 11.1 Å². The molecule has 0 amide bonds. The van der Waals surface area contributed by atoms with Gasteiger partial charge in [-0.3, -0.25) is 0 Å². The fourth-order valence-electron chi connectivity index (χ4n) is 1.82. The number of esters is 2. The highest BCUT2D eigenvalue weighted by atomic mass is 19.3. The van der Waals surface area contributed by atoms with E-state index >= 15 is 0 Å². The van der Waals surface area contributed by atoms with E-state index in [1.165, 1.54) is 20.8 Å². The minimum atomic E-state index is -4.11. The molecule has 1 aromatic carbocycles. The second-order valence-electron chi connectivity index (χ2n) is 4.68. The number of rotatable bonds is 6. The number of halogens is 4. The standard InChI is InChI=1S/C15H16F4O4/c1-4-22-12(20)14(16,17)10-6-9(3)7-11(8-10)15(18,19)13(21)23-5-2/h6-8H,4-5H2,1-3H3. The van der Waals surface area contributed by atoms with E-state index in [2.05, 4.69) is 9.47 Å². The Labute approximate surface area is 130 Å². The molecule has 0 radical (unpaired) electrons. The van der Waals surface area contributed by atoms with Gasteiger partial charge in [0.1, 0.15) is 0 Å². The van der Waals surface area contributed by atoms with Crippen LogP contribution in [0, 0.1) is 6.92 Å². The van der Waals surface area contributed by atoms with Crippen LogP contribution in [0.1, 0.15) is 30.5 Å². The van der Waals surface area contributed by atoms with E-state index in [1.807, 2.05) is 0 Å². The lowest BCUT2D eigenvalue weighted by molar-refractivity contribution is -0.173. The molecule has 4 nitrogen and oxygen atoms in total. The minimum Gasteiger partial charge on any atom is -0.461 e. The Kier molecular flexibility index (Phi) is 5.74. The maximum Gasteiger partial charge on any atom is 0.381 e.